The molecular formula is C25H26N2O4. The third-order valence-electron chi connectivity index (χ3n) is 6.10. The molecule has 6 heteroatoms. The Labute approximate surface area is 181 Å². The lowest BCUT2D eigenvalue weighted by molar-refractivity contribution is 0.0502. The van der Waals surface area contributed by atoms with Gasteiger partial charge in [0.2, 0.25) is 0 Å². The lowest BCUT2D eigenvalue weighted by Crippen LogP contribution is -2.53. The topological polar surface area (TPSA) is 81.1 Å². The van der Waals surface area contributed by atoms with Crippen LogP contribution in [-0.2, 0) is 0 Å². The summed E-state index contributed by atoms with van der Waals surface area (Å²) in [5.41, 5.74) is 2.57. The van der Waals surface area contributed by atoms with Crippen LogP contribution in [0.15, 0.2) is 60.7 Å². The molecule has 1 heterocycles. The summed E-state index contributed by atoms with van der Waals surface area (Å²) in [6.45, 7) is 2.11. The van der Waals surface area contributed by atoms with E-state index in [0.717, 1.165) is 28.4 Å². The summed E-state index contributed by atoms with van der Waals surface area (Å²) >= 11 is 0. The second kappa shape index (κ2) is 8.88. The minimum absolute atomic E-state index is 0.0157. The Bertz CT molecular complexity index is 1130. The number of fused-ring (bicyclic) bond motifs is 1. The highest BCUT2D eigenvalue weighted by Gasteiger charge is 2.28. The quantitative estimate of drug-likeness (QED) is 0.664. The van der Waals surface area contributed by atoms with E-state index in [-0.39, 0.29) is 24.1 Å². The maximum atomic E-state index is 13.4. The summed E-state index contributed by atoms with van der Waals surface area (Å²) in [7, 11) is 2.03. The van der Waals surface area contributed by atoms with E-state index in [2.05, 4.69) is 4.90 Å². The first-order valence-electron chi connectivity index (χ1n) is 10.5. The van der Waals surface area contributed by atoms with Gasteiger partial charge in [0.15, 0.2) is 0 Å². The van der Waals surface area contributed by atoms with Crippen LogP contribution in [0.2, 0.25) is 0 Å². The van der Waals surface area contributed by atoms with E-state index in [1.54, 1.807) is 18.2 Å². The van der Waals surface area contributed by atoms with Gasteiger partial charge in [-0.15, -0.1) is 0 Å². The minimum atomic E-state index is -0.967. The molecule has 3 aromatic rings. The number of hydrogen-bond donors (Lipinski definition) is 2. The predicted octanol–water partition coefficient (Wildman–Crippen LogP) is 3.34. The summed E-state index contributed by atoms with van der Waals surface area (Å²) in [6, 6.07) is 18.5. The minimum Gasteiger partial charge on any atom is -0.478 e. The van der Waals surface area contributed by atoms with Crippen LogP contribution in [0.5, 0.6) is 0 Å². The molecule has 4 rings (SSSR count). The zero-order valence-corrected chi connectivity index (χ0v) is 17.5. The van der Waals surface area contributed by atoms with Gasteiger partial charge in [0.25, 0.3) is 5.91 Å². The summed E-state index contributed by atoms with van der Waals surface area (Å²) in [5, 5.41) is 20.4. The first-order chi connectivity index (χ1) is 15.0. The van der Waals surface area contributed by atoms with Gasteiger partial charge in [-0.1, -0.05) is 42.5 Å². The lowest BCUT2D eigenvalue weighted by atomic mass is 9.94. The average Bonchev–Trinajstić information content (AvgIpc) is 2.79. The van der Waals surface area contributed by atoms with Crippen molar-refractivity contribution in [2.24, 2.45) is 0 Å². The third kappa shape index (κ3) is 4.17. The molecule has 1 fully saturated rings. The van der Waals surface area contributed by atoms with Crippen molar-refractivity contribution in [1.82, 2.24) is 9.80 Å². The molecule has 160 valence electrons. The van der Waals surface area contributed by atoms with Gasteiger partial charge in [-0.2, -0.15) is 0 Å². The van der Waals surface area contributed by atoms with Crippen LogP contribution in [0.4, 0.5) is 0 Å². The van der Waals surface area contributed by atoms with Crippen molar-refractivity contribution in [3.05, 3.63) is 71.8 Å². The van der Waals surface area contributed by atoms with Gasteiger partial charge in [-0.05, 0) is 53.6 Å². The Morgan fingerprint density at radius 2 is 1.74 bits per heavy atom. The van der Waals surface area contributed by atoms with E-state index in [9.17, 15) is 19.8 Å². The summed E-state index contributed by atoms with van der Waals surface area (Å²) in [5.74, 6) is -0.983. The van der Waals surface area contributed by atoms with Crippen molar-refractivity contribution >= 4 is 22.6 Å². The molecule has 0 spiro atoms. The molecule has 1 saturated heterocycles. The zero-order chi connectivity index (χ0) is 22.0. The number of hydrogen-bond acceptors (Lipinski definition) is 4. The number of carboxylic acid groups (broad SMARTS) is 1. The van der Waals surface area contributed by atoms with Gasteiger partial charge >= 0.3 is 5.97 Å². The Morgan fingerprint density at radius 3 is 2.52 bits per heavy atom. The van der Waals surface area contributed by atoms with Crippen LogP contribution in [0, 0.1) is 0 Å². The number of likely N-dealkylation sites (N-methyl/N-ethyl adjacent to an activating group) is 1. The van der Waals surface area contributed by atoms with E-state index >= 15 is 0 Å². The fraction of sp³-hybridized carbons (Fsp3) is 0.280. The molecule has 0 aromatic heterocycles. The number of benzene rings is 3. The number of carbonyl (C=O) groups is 2. The fourth-order valence-corrected chi connectivity index (χ4v) is 4.33. The molecule has 0 aliphatic carbocycles. The predicted molar refractivity (Wildman–Crippen MR) is 120 cm³/mol. The number of aromatic carboxylic acids is 1. The van der Waals surface area contributed by atoms with E-state index in [1.807, 2.05) is 54.4 Å². The number of carbonyl (C=O) groups excluding carboxylic acids is 1. The number of piperazine rings is 1. The largest absolute Gasteiger partial charge is 0.478 e. The Hall–Kier alpha value is -3.22. The molecule has 6 nitrogen and oxygen atoms in total. The highest BCUT2D eigenvalue weighted by Crippen LogP contribution is 2.31. The van der Waals surface area contributed by atoms with Gasteiger partial charge < -0.3 is 15.1 Å². The molecule has 1 atom stereocenters. The summed E-state index contributed by atoms with van der Waals surface area (Å²) in [6.07, 6.45) is 0.639. The molecule has 0 radical (unpaired) electrons. The summed E-state index contributed by atoms with van der Waals surface area (Å²) < 4.78 is 0. The first kappa shape index (κ1) is 21.0. The van der Waals surface area contributed by atoms with E-state index < -0.39 is 5.97 Å². The van der Waals surface area contributed by atoms with Crippen LogP contribution >= 0.6 is 0 Å². The lowest BCUT2D eigenvalue weighted by Gasteiger charge is -2.39. The standard InChI is InChI=1S/C25H26N2O4/c1-26-12-13-27(16-19(26)11-14-28)24(29)23-10-4-8-21-20(7-3-9-22(21)23)17-5-2-6-18(15-17)25(30)31/h2-10,15,19,28H,11-14,16H2,1H3,(H,30,31). The zero-order valence-electron chi connectivity index (χ0n) is 17.5. The number of amides is 1. The van der Waals surface area contributed by atoms with Crippen molar-refractivity contribution < 1.29 is 19.8 Å². The van der Waals surface area contributed by atoms with Crippen LogP contribution < -0.4 is 0 Å². The smallest absolute Gasteiger partial charge is 0.335 e. The Morgan fingerprint density at radius 1 is 1.00 bits per heavy atom. The molecule has 1 aliphatic heterocycles. The van der Waals surface area contributed by atoms with Crippen LogP contribution in [0.1, 0.15) is 27.1 Å². The van der Waals surface area contributed by atoms with E-state index in [4.69, 9.17) is 0 Å². The fourth-order valence-electron chi connectivity index (χ4n) is 4.33. The second-order valence-corrected chi connectivity index (χ2v) is 7.99. The number of aliphatic hydroxyl groups is 1. The molecule has 1 aliphatic rings. The molecule has 3 aromatic carbocycles. The molecule has 1 unspecified atom stereocenters. The number of rotatable bonds is 5. The van der Waals surface area contributed by atoms with Gasteiger partial charge in [0.1, 0.15) is 0 Å². The summed E-state index contributed by atoms with van der Waals surface area (Å²) in [4.78, 5) is 28.9. The van der Waals surface area contributed by atoms with Gasteiger partial charge in [0.05, 0.1) is 5.56 Å². The molecule has 1 amide bonds. The molecule has 31 heavy (non-hydrogen) atoms. The van der Waals surface area contributed by atoms with Crippen molar-refractivity contribution in [3.63, 3.8) is 0 Å². The number of aliphatic hydroxyl groups excluding tert-OH is 1. The first-order valence-corrected chi connectivity index (χ1v) is 10.5. The van der Waals surface area contributed by atoms with Crippen LogP contribution in [-0.4, -0.2) is 71.2 Å². The maximum Gasteiger partial charge on any atom is 0.335 e. The van der Waals surface area contributed by atoms with Gasteiger partial charge in [0, 0.05) is 37.8 Å². The SMILES string of the molecule is CN1CCN(C(=O)c2cccc3c(-c4cccc(C(=O)O)c4)cccc23)CC1CCO. The van der Waals surface area contributed by atoms with Crippen molar-refractivity contribution in [3.8, 4) is 11.1 Å². The maximum absolute atomic E-state index is 13.4. The number of carboxylic acids is 1. The second-order valence-electron chi connectivity index (χ2n) is 7.99. The number of nitrogens with zero attached hydrogens (tertiary/aromatic N) is 2. The highest BCUT2D eigenvalue weighted by atomic mass is 16.4. The molecule has 0 saturated carbocycles. The monoisotopic (exact) mass is 418 g/mol. The van der Waals surface area contributed by atoms with Crippen molar-refractivity contribution in [2.75, 3.05) is 33.3 Å². The molecular weight excluding hydrogens is 392 g/mol. The van der Waals surface area contributed by atoms with Gasteiger partial charge in [-0.3, -0.25) is 9.69 Å². The van der Waals surface area contributed by atoms with Crippen molar-refractivity contribution in [1.29, 1.82) is 0 Å². The van der Waals surface area contributed by atoms with Gasteiger partial charge in [-0.25, -0.2) is 4.79 Å². The van der Waals surface area contributed by atoms with E-state index in [0.29, 0.717) is 25.1 Å². The highest BCUT2D eigenvalue weighted by molar-refractivity contribution is 6.10. The molecule has 0 bridgehead atoms. The molecule has 2 N–H and O–H groups in total. The van der Waals surface area contributed by atoms with Crippen LogP contribution in [0.3, 0.4) is 0 Å². The average molecular weight is 418 g/mol. The third-order valence-corrected chi connectivity index (χ3v) is 6.10. The Kier molecular flexibility index (Phi) is 6.02. The normalized spacial score (nSPS) is 17.1. The van der Waals surface area contributed by atoms with Crippen molar-refractivity contribution in [2.45, 2.75) is 12.5 Å². The van der Waals surface area contributed by atoms with E-state index in [1.165, 1.54) is 0 Å². The van der Waals surface area contributed by atoms with Crippen LogP contribution in [0.25, 0.3) is 21.9 Å². The Balaban J connectivity index is 1.72.